The summed E-state index contributed by atoms with van der Waals surface area (Å²) in [5.74, 6) is 0.549. The largest absolute Gasteiger partial charge is 0.359 e. The highest BCUT2D eigenvalue weighted by atomic mass is 28.3. The molecule has 0 N–H and O–H groups in total. The molecule has 0 aliphatic heterocycles. The van der Waals surface area contributed by atoms with Crippen molar-refractivity contribution in [1.29, 1.82) is 0 Å². The van der Waals surface area contributed by atoms with Crippen LogP contribution in [0.1, 0.15) is 20.3 Å². The smallest absolute Gasteiger partial charge is 0.146 e. The van der Waals surface area contributed by atoms with Crippen molar-refractivity contribution >= 4 is 8.07 Å². The van der Waals surface area contributed by atoms with Crippen LogP contribution in [0.3, 0.4) is 0 Å². The van der Waals surface area contributed by atoms with Gasteiger partial charge in [-0.05, 0) is 19.3 Å². The maximum Gasteiger partial charge on any atom is 0.146 e. The van der Waals surface area contributed by atoms with Crippen molar-refractivity contribution in [3.63, 3.8) is 0 Å². The van der Waals surface area contributed by atoms with Crippen LogP contribution < -0.4 is 0 Å². The summed E-state index contributed by atoms with van der Waals surface area (Å²) >= 11 is 0. The molecular formula is C12H26O2Si. The highest BCUT2D eigenvalue weighted by Crippen LogP contribution is 2.13. The SMILES string of the molecule is COCO[C@H](C)[C@H](C)C/C=C/[Si](C)(C)C. The van der Waals surface area contributed by atoms with E-state index >= 15 is 0 Å². The molecule has 15 heavy (non-hydrogen) atoms. The van der Waals surface area contributed by atoms with Crippen LogP contribution in [0.15, 0.2) is 11.8 Å². The van der Waals surface area contributed by atoms with Crippen LogP contribution in [0.25, 0.3) is 0 Å². The number of hydrogen-bond acceptors (Lipinski definition) is 2. The Balaban J connectivity index is 3.82. The molecule has 2 atom stereocenters. The number of methoxy groups -OCH3 is 1. The van der Waals surface area contributed by atoms with Crippen LogP contribution in [-0.4, -0.2) is 28.1 Å². The van der Waals surface area contributed by atoms with E-state index < -0.39 is 8.07 Å². The number of hydrogen-bond donors (Lipinski definition) is 0. The fourth-order valence-electron chi connectivity index (χ4n) is 1.17. The lowest BCUT2D eigenvalue weighted by atomic mass is 10.0. The lowest BCUT2D eigenvalue weighted by Gasteiger charge is -2.19. The van der Waals surface area contributed by atoms with E-state index in [1.165, 1.54) is 0 Å². The van der Waals surface area contributed by atoms with Gasteiger partial charge in [-0.3, -0.25) is 0 Å². The second kappa shape index (κ2) is 7.20. The first-order chi connectivity index (χ1) is 6.87. The Morgan fingerprint density at radius 3 is 2.27 bits per heavy atom. The zero-order valence-corrected chi connectivity index (χ0v) is 12.0. The van der Waals surface area contributed by atoms with Crippen molar-refractivity contribution in [3.8, 4) is 0 Å². The Bertz CT molecular complexity index is 185. The second-order valence-electron chi connectivity index (χ2n) is 5.26. The normalized spacial score (nSPS) is 16.9. The molecule has 0 bridgehead atoms. The van der Waals surface area contributed by atoms with Gasteiger partial charge in [0.1, 0.15) is 6.79 Å². The van der Waals surface area contributed by atoms with Gasteiger partial charge in [-0.25, -0.2) is 0 Å². The van der Waals surface area contributed by atoms with Gasteiger partial charge in [0.25, 0.3) is 0 Å². The Labute approximate surface area is 95.7 Å². The van der Waals surface area contributed by atoms with Crippen LogP contribution in [0, 0.1) is 5.92 Å². The molecule has 0 aliphatic rings. The molecule has 0 unspecified atom stereocenters. The molecule has 0 aromatic heterocycles. The summed E-state index contributed by atoms with van der Waals surface area (Å²) in [6.07, 6.45) is 3.66. The predicted octanol–water partition coefficient (Wildman–Crippen LogP) is 3.46. The lowest BCUT2D eigenvalue weighted by Crippen LogP contribution is -2.20. The summed E-state index contributed by atoms with van der Waals surface area (Å²) in [6.45, 7) is 11.8. The van der Waals surface area contributed by atoms with Gasteiger partial charge in [0.05, 0.1) is 14.2 Å². The summed E-state index contributed by atoms with van der Waals surface area (Å²) in [5, 5.41) is 0. The Morgan fingerprint density at radius 1 is 1.20 bits per heavy atom. The third-order valence-corrected chi connectivity index (χ3v) is 3.61. The molecule has 0 aliphatic carbocycles. The summed E-state index contributed by atoms with van der Waals surface area (Å²) in [5.41, 5.74) is 2.40. The van der Waals surface area contributed by atoms with Crippen molar-refractivity contribution < 1.29 is 9.47 Å². The van der Waals surface area contributed by atoms with E-state index in [1.807, 2.05) is 0 Å². The van der Waals surface area contributed by atoms with E-state index in [0.29, 0.717) is 12.7 Å². The molecule has 0 radical (unpaired) electrons. The molecule has 0 spiro atoms. The molecule has 0 amide bonds. The number of rotatable bonds is 7. The quantitative estimate of drug-likeness (QED) is 0.492. The molecule has 3 heteroatoms. The summed E-state index contributed by atoms with van der Waals surface area (Å²) in [7, 11) is 0.625. The molecule has 0 aromatic carbocycles. The standard InChI is InChI=1S/C12H26O2Si/c1-11(12(2)14-10-13-3)8-7-9-15(4,5)6/h7,9,11-12H,8,10H2,1-6H3/b9-7+/t11-,12-/m1/s1. The van der Waals surface area contributed by atoms with Gasteiger partial charge in [0, 0.05) is 7.11 Å². The fourth-order valence-corrected chi connectivity index (χ4v) is 2.01. The lowest BCUT2D eigenvalue weighted by molar-refractivity contribution is -0.0812. The Hall–Kier alpha value is -0.123. The minimum Gasteiger partial charge on any atom is -0.359 e. The molecule has 0 saturated heterocycles. The summed E-state index contributed by atoms with van der Waals surface area (Å²) in [4.78, 5) is 0. The average molecular weight is 230 g/mol. The first kappa shape index (κ1) is 14.9. The second-order valence-corrected chi connectivity index (χ2v) is 10.3. The highest BCUT2D eigenvalue weighted by molar-refractivity contribution is 6.80. The highest BCUT2D eigenvalue weighted by Gasteiger charge is 2.12. The fraction of sp³-hybridized carbons (Fsp3) is 0.833. The monoisotopic (exact) mass is 230 g/mol. The molecule has 0 saturated carbocycles. The third kappa shape index (κ3) is 8.84. The third-order valence-electron chi connectivity index (χ3n) is 2.38. The molecule has 0 heterocycles. The zero-order chi connectivity index (χ0) is 11.9. The van der Waals surface area contributed by atoms with E-state index in [1.54, 1.807) is 7.11 Å². The molecule has 0 aromatic rings. The van der Waals surface area contributed by atoms with E-state index in [0.717, 1.165) is 6.42 Å². The predicted molar refractivity (Wildman–Crippen MR) is 68.7 cm³/mol. The summed E-state index contributed by atoms with van der Waals surface area (Å²) < 4.78 is 10.4. The van der Waals surface area contributed by atoms with Crippen LogP contribution in [0.2, 0.25) is 19.6 Å². The van der Waals surface area contributed by atoms with Gasteiger partial charge < -0.3 is 9.47 Å². The van der Waals surface area contributed by atoms with Gasteiger partial charge >= 0.3 is 0 Å². The van der Waals surface area contributed by atoms with Crippen LogP contribution in [0.4, 0.5) is 0 Å². The number of allylic oxidation sites excluding steroid dienone is 1. The van der Waals surface area contributed by atoms with E-state index in [2.05, 4.69) is 45.3 Å². The minimum absolute atomic E-state index is 0.260. The van der Waals surface area contributed by atoms with E-state index in [-0.39, 0.29) is 6.10 Å². The zero-order valence-electron chi connectivity index (χ0n) is 11.0. The molecule has 2 nitrogen and oxygen atoms in total. The van der Waals surface area contributed by atoms with Crippen LogP contribution >= 0.6 is 0 Å². The van der Waals surface area contributed by atoms with Gasteiger partial charge in [-0.1, -0.05) is 38.3 Å². The molecule has 0 rings (SSSR count). The maximum absolute atomic E-state index is 5.49. The van der Waals surface area contributed by atoms with Crippen molar-refractivity contribution in [1.82, 2.24) is 0 Å². The van der Waals surface area contributed by atoms with Gasteiger partial charge in [0.15, 0.2) is 0 Å². The average Bonchev–Trinajstić information content (AvgIpc) is 2.11. The van der Waals surface area contributed by atoms with E-state index in [9.17, 15) is 0 Å². The van der Waals surface area contributed by atoms with Crippen molar-refractivity contribution in [2.24, 2.45) is 5.92 Å². The van der Waals surface area contributed by atoms with Gasteiger partial charge in [-0.15, -0.1) is 0 Å². The molecular weight excluding hydrogens is 204 g/mol. The van der Waals surface area contributed by atoms with Gasteiger partial charge in [-0.2, -0.15) is 0 Å². The minimum atomic E-state index is -1.03. The van der Waals surface area contributed by atoms with Crippen molar-refractivity contribution in [2.45, 2.75) is 46.0 Å². The van der Waals surface area contributed by atoms with Crippen molar-refractivity contribution in [2.75, 3.05) is 13.9 Å². The first-order valence-electron chi connectivity index (χ1n) is 5.65. The molecule has 90 valence electrons. The van der Waals surface area contributed by atoms with Crippen LogP contribution in [-0.2, 0) is 9.47 Å². The van der Waals surface area contributed by atoms with E-state index in [4.69, 9.17) is 9.47 Å². The van der Waals surface area contributed by atoms with Crippen molar-refractivity contribution in [3.05, 3.63) is 11.8 Å². The topological polar surface area (TPSA) is 18.5 Å². The first-order valence-corrected chi connectivity index (χ1v) is 9.23. The molecule has 0 fully saturated rings. The van der Waals surface area contributed by atoms with Crippen LogP contribution in [0.5, 0.6) is 0 Å². The summed E-state index contributed by atoms with van der Waals surface area (Å²) in [6, 6.07) is 0. The van der Waals surface area contributed by atoms with Gasteiger partial charge in [0.2, 0.25) is 0 Å². The maximum atomic E-state index is 5.49. The number of ether oxygens (including phenoxy) is 2. The Kier molecular flexibility index (Phi) is 7.14. The Morgan fingerprint density at radius 2 is 1.80 bits per heavy atom.